The van der Waals surface area contributed by atoms with Crippen molar-refractivity contribution in [2.75, 3.05) is 0 Å². The summed E-state index contributed by atoms with van der Waals surface area (Å²) in [5, 5.41) is 4.61. The van der Waals surface area contributed by atoms with Crippen molar-refractivity contribution in [3.05, 3.63) is 95.1 Å². The molecule has 5 aromatic rings. The van der Waals surface area contributed by atoms with E-state index in [1.54, 1.807) is 0 Å². The van der Waals surface area contributed by atoms with E-state index in [0.29, 0.717) is 5.56 Å². The van der Waals surface area contributed by atoms with Gasteiger partial charge in [0.25, 0.3) is 0 Å². The van der Waals surface area contributed by atoms with Crippen molar-refractivity contribution in [1.29, 1.82) is 0 Å². The van der Waals surface area contributed by atoms with Gasteiger partial charge in [-0.3, -0.25) is 4.79 Å². The lowest BCUT2D eigenvalue weighted by atomic mass is 10.00. The molecule has 0 unspecified atom stereocenters. The van der Waals surface area contributed by atoms with Crippen LogP contribution in [-0.4, -0.2) is 10.5 Å². The summed E-state index contributed by atoms with van der Waals surface area (Å²) in [6, 6.07) is 25.6. The highest BCUT2D eigenvalue weighted by Gasteiger charge is 2.17. The average molecular weight is 435 g/mol. The van der Waals surface area contributed by atoms with E-state index in [4.69, 9.17) is 5.73 Å². The Morgan fingerprint density at radius 3 is 2.45 bits per heavy atom. The number of hydrogen-bond donors (Lipinski definition) is 1. The molecule has 0 aliphatic rings. The Labute approximate surface area is 194 Å². The number of hydrogen-bond acceptors (Lipinski definition) is 1. The third-order valence-electron chi connectivity index (χ3n) is 6.85. The Bertz CT molecular complexity index is 1490. The van der Waals surface area contributed by atoms with Crippen LogP contribution in [0.1, 0.15) is 53.2 Å². The fourth-order valence-corrected chi connectivity index (χ4v) is 5.12. The summed E-state index contributed by atoms with van der Waals surface area (Å²) in [6.45, 7) is 5.13. The van der Waals surface area contributed by atoms with Crippen LogP contribution >= 0.6 is 0 Å². The van der Waals surface area contributed by atoms with Crippen molar-refractivity contribution >= 4 is 38.5 Å². The molecule has 0 spiro atoms. The number of rotatable bonds is 7. The third-order valence-corrected chi connectivity index (χ3v) is 6.85. The highest BCUT2D eigenvalue weighted by atomic mass is 16.1. The summed E-state index contributed by atoms with van der Waals surface area (Å²) in [5.74, 6) is -0.382. The second-order valence-corrected chi connectivity index (χ2v) is 9.05. The van der Waals surface area contributed by atoms with Gasteiger partial charge in [0, 0.05) is 28.4 Å². The van der Waals surface area contributed by atoms with Crippen LogP contribution in [0.5, 0.6) is 0 Å². The van der Waals surface area contributed by atoms with Gasteiger partial charge < -0.3 is 10.3 Å². The second kappa shape index (κ2) is 8.74. The Hall–Kier alpha value is -3.59. The largest absolute Gasteiger partial charge is 0.366 e. The van der Waals surface area contributed by atoms with E-state index in [-0.39, 0.29) is 5.91 Å². The van der Waals surface area contributed by atoms with Crippen LogP contribution in [0.25, 0.3) is 32.6 Å². The number of amides is 1. The predicted octanol–water partition coefficient (Wildman–Crippen LogP) is 7.14. The highest BCUT2D eigenvalue weighted by molar-refractivity contribution is 6.18. The van der Waals surface area contributed by atoms with Gasteiger partial charge in [0.2, 0.25) is 5.91 Å². The van der Waals surface area contributed by atoms with Crippen LogP contribution in [0.2, 0.25) is 0 Å². The number of aromatic nitrogens is 1. The molecule has 0 radical (unpaired) electrons. The molecule has 1 aromatic heterocycles. The van der Waals surface area contributed by atoms with E-state index < -0.39 is 0 Å². The first-order valence-corrected chi connectivity index (χ1v) is 11.9. The predicted molar refractivity (Wildman–Crippen MR) is 139 cm³/mol. The van der Waals surface area contributed by atoms with Crippen LogP contribution in [0.3, 0.4) is 0 Å². The van der Waals surface area contributed by atoms with Crippen molar-refractivity contribution in [2.24, 2.45) is 5.73 Å². The minimum Gasteiger partial charge on any atom is -0.366 e. The van der Waals surface area contributed by atoms with Gasteiger partial charge in [-0.2, -0.15) is 0 Å². The normalized spacial score (nSPS) is 11.6. The van der Waals surface area contributed by atoms with Crippen LogP contribution in [-0.2, 0) is 13.0 Å². The summed E-state index contributed by atoms with van der Waals surface area (Å²) in [5.41, 5.74) is 12.5. The van der Waals surface area contributed by atoms with E-state index in [2.05, 4.69) is 79.1 Å². The van der Waals surface area contributed by atoms with Crippen molar-refractivity contribution in [3.8, 4) is 0 Å². The molecule has 0 fully saturated rings. The molecule has 0 aliphatic heterocycles. The molecule has 33 heavy (non-hydrogen) atoms. The van der Waals surface area contributed by atoms with E-state index in [1.807, 2.05) is 12.1 Å². The van der Waals surface area contributed by atoms with Crippen molar-refractivity contribution in [2.45, 2.75) is 46.1 Å². The molecular weight excluding hydrogens is 404 g/mol. The Morgan fingerprint density at radius 1 is 0.848 bits per heavy atom. The molecule has 0 bridgehead atoms. The molecule has 0 saturated carbocycles. The van der Waals surface area contributed by atoms with Gasteiger partial charge in [0.1, 0.15) is 0 Å². The van der Waals surface area contributed by atoms with Crippen molar-refractivity contribution in [3.63, 3.8) is 0 Å². The second-order valence-electron chi connectivity index (χ2n) is 9.05. The Balaban J connectivity index is 1.74. The van der Waals surface area contributed by atoms with E-state index in [1.165, 1.54) is 46.7 Å². The number of carbonyl (C=O) groups excluding carboxylic acids is 1. The molecule has 2 N–H and O–H groups in total. The van der Waals surface area contributed by atoms with Gasteiger partial charge in [-0.1, -0.05) is 74.4 Å². The zero-order chi connectivity index (χ0) is 22.9. The quantitative estimate of drug-likeness (QED) is 0.272. The molecule has 3 heteroatoms. The van der Waals surface area contributed by atoms with Crippen LogP contribution in [0.15, 0.2) is 72.8 Å². The van der Waals surface area contributed by atoms with E-state index >= 15 is 0 Å². The Morgan fingerprint density at radius 2 is 1.67 bits per heavy atom. The maximum Gasteiger partial charge on any atom is 0.249 e. The monoisotopic (exact) mass is 434 g/mol. The van der Waals surface area contributed by atoms with Gasteiger partial charge in [0.05, 0.1) is 5.52 Å². The highest BCUT2D eigenvalue weighted by Crippen LogP contribution is 2.34. The third kappa shape index (κ3) is 3.78. The smallest absolute Gasteiger partial charge is 0.249 e. The summed E-state index contributed by atoms with van der Waals surface area (Å²) >= 11 is 0. The summed E-state index contributed by atoms with van der Waals surface area (Å²) < 4.78 is 2.36. The SMILES string of the molecule is CCCCCc1ccc2c3c(C(N)=O)cccc3n(Cc3ccc(C)c4ccccc34)c2c1. The van der Waals surface area contributed by atoms with Crippen molar-refractivity contribution < 1.29 is 4.79 Å². The molecule has 0 atom stereocenters. The lowest BCUT2D eigenvalue weighted by molar-refractivity contribution is 0.100. The van der Waals surface area contributed by atoms with Gasteiger partial charge in [-0.15, -0.1) is 0 Å². The topological polar surface area (TPSA) is 48.0 Å². The van der Waals surface area contributed by atoms with Crippen LogP contribution in [0.4, 0.5) is 0 Å². The first-order valence-electron chi connectivity index (χ1n) is 11.9. The number of carbonyl (C=O) groups is 1. The molecule has 0 saturated heterocycles. The number of fused-ring (bicyclic) bond motifs is 4. The van der Waals surface area contributed by atoms with Gasteiger partial charge in [-0.05, 0) is 65.4 Å². The zero-order valence-corrected chi connectivity index (χ0v) is 19.4. The van der Waals surface area contributed by atoms with Gasteiger partial charge in [-0.25, -0.2) is 0 Å². The zero-order valence-electron chi connectivity index (χ0n) is 19.4. The fraction of sp³-hybridized carbons (Fsp3) is 0.233. The molecule has 1 heterocycles. The minimum atomic E-state index is -0.382. The number of benzene rings is 4. The lowest BCUT2D eigenvalue weighted by Gasteiger charge is -2.13. The summed E-state index contributed by atoms with van der Waals surface area (Å²) in [4.78, 5) is 12.3. The number of primary amides is 1. The van der Waals surface area contributed by atoms with E-state index in [9.17, 15) is 4.79 Å². The number of unbranched alkanes of at least 4 members (excludes halogenated alkanes) is 2. The van der Waals surface area contributed by atoms with Gasteiger partial charge >= 0.3 is 0 Å². The van der Waals surface area contributed by atoms with Crippen molar-refractivity contribution in [1.82, 2.24) is 4.57 Å². The van der Waals surface area contributed by atoms with Gasteiger partial charge in [0.15, 0.2) is 0 Å². The molecule has 1 amide bonds. The number of nitrogens with zero attached hydrogens (tertiary/aromatic N) is 1. The number of nitrogens with two attached hydrogens (primary N) is 1. The molecule has 5 rings (SSSR count). The summed E-state index contributed by atoms with van der Waals surface area (Å²) in [7, 11) is 0. The Kier molecular flexibility index (Phi) is 5.63. The first kappa shape index (κ1) is 21.3. The standard InChI is InChI=1S/C30H30N2O/c1-3-4-5-9-21-15-17-25-28(18-21)32(27-13-8-12-26(29(25)27)30(31)33)19-22-16-14-20(2)23-10-6-7-11-24(22)23/h6-8,10-18H,3-5,9,19H2,1-2H3,(H2,31,33). The lowest BCUT2D eigenvalue weighted by Crippen LogP contribution is -2.11. The first-order chi connectivity index (χ1) is 16.1. The molecule has 166 valence electrons. The van der Waals surface area contributed by atoms with E-state index in [0.717, 1.165) is 34.8 Å². The molecule has 4 aromatic carbocycles. The minimum absolute atomic E-state index is 0.382. The number of aryl methyl sites for hydroxylation is 2. The van der Waals surface area contributed by atoms with Crippen LogP contribution < -0.4 is 5.73 Å². The summed E-state index contributed by atoms with van der Waals surface area (Å²) in [6.07, 6.45) is 4.71. The average Bonchev–Trinajstić information content (AvgIpc) is 3.14. The fourth-order valence-electron chi connectivity index (χ4n) is 5.12. The molecular formula is C30H30N2O. The maximum atomic E-state index is 12.3. The van der Waals surface area contributed by atoms with Crippen LogP contribution in [0, 0.1) is 6.92 Å². The molecule has 3 nitrogen and oxygen atoms in total. The molecule has 0 aliphatic carbocycles. The maximum absolute atomic E-state index is 12.3.